The van der Waals surface area contributed by atoms with Gasteiger partial charge < -0.3 is 10.2 Å². The quantitative estimate of drug-likeness (QED) is 0.793. The van der Waals surface area contributed by atoms with Crippen molar-refractivity contribution in [1.29, 1.82) is 0 Å². The molecule has 1 saturated heterocycles. The molecule has 1 N–H and O–H groups in total. The van der Waals surface area contributed by atoms with E-state index < -0.39 is 0 Å². The topological polar surface area (TPSA) is 76.3 Å². The van der Waals surface area contributed by atoms with E-state index in [0.717, 1.165) is 4.57 Å². The predicted molar refractivity (Wildman–Crippen MR) is 80.5 cm³/mol. The number of aromatic nitrogens is 2. The van der Waals surface area contributed by atoms with Crippen LogP contribution in [0, 0.1) is 5.92 Å². The fourth-order valence-electron chi connectivity index (χ4n) is 2.33. The van der Waals surface area contributed by atoms with Crippen molar-refractivity contribution < 1.29 is 4.79 Å². The first-order chi connectivity index (χ1) is 9.60. The summed E-state index contributed by atoms with van der Waals surface area (Å²) in [5.74, 6) is 0.457. The van der Waals surface area contributed by atoms with Crippen molar-refractivity contribution >= 4 is 11.7 Å². The van der Waals surface area contributed by atoms with E-state index in [1.165, 1.54) is 17.7 Å². The molecule has 1 fully saturated rings. The van der Waals surface area contributed by atoms with Crippen LogP contribution >= 0.6 is 0 Å². The Balaban J connectivity index is 2.11. The number of carbonyl (C=O) groups excluding carboxylic acids is 1. The summed E-state index contributed by atoms with van der Waals surface area (Å²) >= 11 is 0. The van der Waals surface area contributed by atoms with Crippen LogP contribution < -0.4 is 21.5 Å². The van der Waals surface area contributed by atoms with E-state index in [2.05, 4.69) is 5.32 Å². The minimum atomic E-state index is -0.361. The lowest BCUT2D eigenvalue weighted by Gasteiger charge is -2.41. The molecule has 2 rings (SSSR count). The van der Waals surface area contributed by atoms with Gasteiger partial charge in [0.15, 0.2) is 0 Å². The molecule has 1 aromatic heterocycles. The molecular formula is C14H22N4O3. The van der Waals surface area contributed by atoms with Gasteiger partial charge in [0.1, 0.15) is 5.82 Å². The van der Waals surface area contributed by atoms with Crippen LogP contribution in [0.2, 0.25) is 0 Å². The Morgan fingerprint density at radius 1 is 1.19 bits per heavy atom. The van der Waals surface area contributed by atoms with Gasteiger partial charge in [0, 0.05) is 38.8 Å². The Bertz CT molecular complexity index is 675. The van der Waals surface area contributed by atoms with Crippen LogP contribution in [0.25, 0.3) is 0 Å². The second-order valence-corrected chi connectivity index (χ2v) is 6.58. The molecule has 7 heteroatoms. The van der Waals surface area contributed by atoms with Crippen LogP contribution in [0.5, 0.6) is 0 Å². The summed E-state index contributed by atoms with van der Waals surface area (Å²) in [6.07, 6.45) is 0. The highest BCUT2D eigenvalue weighted by atomic mass is 16.2. The van der Waals surface area contributed by atoms with E-state index in [9.17, 15) is 14.4 Å². The predicted octanol–water partition coefficient (Wildman–Crippen LogP) is -0.565. The average Bonchev–Trinajstić information content (AvgIpc) is 2.28. The summed E-state index contributed by atoms with van der Waals surface area (Å²) in [4.78, 5) is 37.5. The Labute approximate surface area is 123 Å². The molecule has 0 unspecified atom stereocenters. The van der Waals surface area contributed by atoms with E-state index in [4.69, 9.17) is 0 Å². The third kappa shape index (κ3) is 3.01. The first kappa shape index (κ1) is 15.3. The van der Waals surface area contributed by atoms with Gasteiger partial charge in [0.05, 0.1) is 5.92 Å². The minimum absolute atomic E-state index is 0.00702. The van der Waals surface area contributed by atoms with Crippen LogP contribution in [-0.4, -0.2) is 33.7 Å². The van der Waals surface area contributed by atoms with Crippen LogP contribution in [0.15, 0.2) is 15.7 Å². The lowest BCUT2D eigenvalue weighted by Crippen LogP contribution is -2.58. The lowest BCUT2D eigenvalue weighted by molar-refractivity contribution is -0.127. The van der Waals surface area contributed by atoms with Crippen LogP contribution in [0.3, 0.4) is 0 Å². The van der Waals surface area contributed by atoms with E-state index in [0.29, 0.717) is 18.9 Å². The van der Waals surface area contributed by atoms with Gasteiger partial charge in [-0.25, -0.2) is 4.79 Å². The lowest BCUT2D eigenvalue weighted by atomic mass is 9.97. The maximum Gasteiger partial charge on any atom is 0.332 e. The maximum absolute atomic E-state index is 12.0. The first-order valence-electron chi connectivity index (χ1n) is 6.94. The van der Waals surface area contributed by atoms with E-state index >= 15 is 0 Å². The van der Waals surface area contributed by atoms with Crippen molar-refractivity contribution in [2.75, 3.05) is 18.0 Å². The third-order valence-electron chi connectivity index (χ3n) is 3.58. The van der Waals surface area contributed by atoms with Crippen LogP contribution in [0.4, 0.5) is 5.82 Å². The highest BCUT2D eigenvalue weighted by Crippen LogP contribution is 2.22. The summed E-state index contributed by atoms with van der Waals surface area (Å²) in [5.41, 5.74) is -0.955. The third-order valence-corrected chi connectivity index (χ3v) is 3.58. The summed E-state index contributed by atoms with van der Waals surface area (Å²) in [6.45, 7) is 6.84. The zero-order valence-corrected chi connectivity index (χ0v) is 13.1. The van der Waals surface area contributed by atoms with Gasteiger partial charge in [0.2, 0.25) is 5.91 Å². The molecule has 116 valence electrons. The number of carbonyl (C=O) groups is 1. The van der Waals surface area contributed by atoms with Gasteiger partial charge in [-0.2, -0.15) is 0 Å². The monoisotopic (exact) mass is 294 g/mol. The van der Waals surface area contributed by atoms with Crippen LogP contribution in [0.1, 0.15) is 20.8 Å². The number of nitrogens with zero attached hydrogens (tertiary/aromatic N) is 3. The second-order valence-electron chi connectivity index (χ2n) is 6.58. The second kappa shape index (κ2) is 5.05. The zero-order valence-electron chi connectivity index (χ0n) is 13.1. The van der Waals surface area contributed by atoms with Gasteiger partial charge in [-0.3, -0.25) is 18.7 Å². The molecular weight excluding hydrogens is 272 g/mol. The highest BCUT2D eigenvalue weighted by molar-refractivity contribution is 5.82. The standard InChI is InChI=1S/C14H22N4O3/c1-14(2,3)15-12(20)9-7-18(8-9)10-6-11(19)17(5)13(21)16(10)4/h6,9H,7-8H2,1-5H3,(H,15,20). The van der Waals surface area contributed by atoms with Gasteiger partial charge in [-0.05, 0) is 20.8 Å². The Hall–Kier alpha value is -2.05. The number of hydrogen-bond acceptors (Lipinski definition) is 4. The summed E-state index contributed by atoms with van der Waals surface area (Å²) < 4.78 is 2.49. The molecule has 0 aromatic carbocycles. The van der Waals surface area contributed by atoms with Crippen molar-refractivity contribution in [2.24, 2.45) is 20.0 Å². The van der Waals surface area contributed by atoms with E-state index in [-0.39, 0.29) is 28.6 Å². The van der Waals surface area contributed by atoms with Crippen molar-refractivity contribution in [3.63, 3.8) is 0 Å². The number of rotatable bonds is 2. The summed E-state index contributed by atoms with van der Waals surface area (Å²) in [6, 6.07) is 1.43. The van der Waals surface area contributed by atoms with Gasteiger partial charge >= 0.3 is 5.69 Å². The van der Waals surface area contributed by atoms with E-state index in [1.54, 1.807) is 7.05 Å². The molecule has 7 nitrogen and oxygen atoms in total. The Kier molecular flexibility index (Phi) is 3.69. The fraction of sp³-hybridized carbons (Fsp3) is 0.643. The number of hydrogen-bond donors (Lipinski definition) is 1. The molecule has 21 heavy (non-hydrogen) atoms. The molecule has 0 aliphatic carbocycles. The van der Waals surface area contributed by atoms with Gasteiger partial charge in [0.25, 0.3) is 5.56 Å². The molecule has 0 spiro atoms. The van der Waals surface area contributed by atoms with Crippen molar-refractivity contribution in [1.82, 2.24) is 14.5 Å². The maximum atomic E-state index is 12.0. The van der Waals surface area contributed by atoms with Crippen LogP contribution in [-0.2, 0) is 18.9 Å². The van der Waals surface area contributed by atoms with Crippen molar-refractivity contribution in [3.05, 3.63) is 26.9 Å². The molecule has 1 aliphatic heterocycles. The molecule has 2 heterocycles. The van der Waals surface area contributed by atoms with E-state index in [1.807, 2.05) is 25.7 Å². The largest absolute Gasteiger partial charge is 0.356 e. The molecule has 1 amide bonds. The Morgan fingerprint density at radius 3 is 2.29 bits per heavy atom. The SMILES string of the molecule is Cn1c(N2CC(C(=O)NC(C)(C)C)C2)cc(=O)n(C)c1=O. The average molecular weight is 294 g/mol. The fourth-order valence-corrected chi connectivity index (χ4v) is 2.33. The van der Waals surface area contributed by atoms with Gasteiger partial charge in [-0.15, -0.1) is 0 Å². The Morgan fingerprint density at radius 2 is 1.76 bits per heavy atom. The summed E-state index contributed by atoms with van der Waals surface area (Å²) in [7, 11) is 3.07. The number of nitrogens with one attached hydrogen (secondary N) is 1. The molecule has 1 aromatic rings. The highest BCUT2D eigenvalue weighted by Gasteiger charge is 2.35. The first-order valence-corrected chi connectivity index (χ1v) is 6.94. The van der Waals surface area contributed by atoms with Crippen molar-refractivity contribution in [3.8, 4) is 0 Å². The molecule has 1 aliphatic rings. The molecule has 0 radical (unpaired) electrons. The number of amides is 1. The normalized spacial score (nSPS) is 15.8. The molecule has 0 atom stereocenters. The number of anilines is 1. The smallest absolute Gasteiger partial charge is 0.332 e. The molecule has 0 saturated carbocycles. The minimum Gasteiger partial charge on any atom is -0.356 e. The summed E-state index contributed by atoms with van der Waals surface area (Å²) in [5, 5.41) is 2.94. The molecule has 0 bridgehead atoms. The van der Waals surface area contributed by atoms with Crippen molar-refractivity contribution in [2.45, 2.75) is 26.3 Å². The zero-order chi connectivity index (χ0) is 15.9. The van der Waals surface area contributed by atoms with Gasteiger partial charge in [-0.1, -0.05) is 0 Å².